The van der Waals surface area contributed by atoms with Gasteiger partial charge in [0.1, 0.15) is 5.01 Å². The van der Waals surface area contributed by atoms with Gasteiger partial charge in [-0.1, -0.05) is 12.1 Å². The fraction of sp³-hybridized carbons (Fsp3) is 0.231. The van der Waals surface area contributed by atoms with Gasteiger partial charge in [-0.05, 0) is 19.1 Å². The maximum atomic E-state index is 11.7. The summed E-state index contributed by atoms with van der Waals surface area (Å²) in [6, 6.07) is 7.49. The minimum atomic E-state index is -0.0640. The maximum absolute atomic E-state index is 11.7. The molecule has 0 bridgehead atoms. The SMILES string of the molecule is Cc1csc(-c2ccc(C(=O)NCCS)cc2)n1. The molecule has 0 fully saturated rings. The van der Waals surface area contributed by atoms with E-state index >= 15 is 0 Å². The van der Waals surface area contributed by atoms with E-state index in [-0.39, 0.29) is 5.91 Å². The Hall–Kier alpha value is -1.33. The molecule has 1 N–H and O–H groups in total. The molecule has 0 atom stereocenters. The summed E-state index contributed by atoms with van der Waals surface area (Å²) in [7, 11) is 0. The molecule has 1 amide bonds. The topological polar surface area (TPSA) is 42.0 Å². The molecule has 2 rings (SSSR count). The van der Waals surface area contributed by atoms with E-state index < -0.39 is 0 Å². The van der Waals surface area contributed by atoms with Crippen molar-refractivity contribution in [1.29, 1.82) is 0 Å². The summed E-state index contributed by atoms with van der Waals surface area (Å²) in [5.41, 5.74) is 2.72. The molecule has 1 aromatic carbocycles. The van der Waals surface area contributed by atoms with Crippen molar-refractivity contribution in [2.75, 3.05) is 12.3 Å². The van der Waals surface area contributed by atoms with Crippen molar-refractivity contribution >= 4 is 29.9 Å². The Morgan fingerprint density at radius 1 is 1.39 bits per heavy atom. The zero-order chi connectivity index (χ0) is 13.0. The van der Waals surface area contributed by atoms with Crippen LogP contribution in [0.15, 0.2) is 29.6 Å². The number of rotatable bonds is 4. The van der Waals surface area contributed by atoms with Crippen LogP contribution in [-0.4, -0.2) is 23.2 Å². The first-order valence-electron chi connectivity index (χ1n) is 5.62. The highest BCUT2D eigenvalue weighted by molar-refractivity contribution is 7.80. The Morgan fingerprint density at radius 3 is 2.67 bits per heavy atom. The van der Waals surface area contributed by atoms with Crippen LogP contribution < -0.4 is 5.32 Å². The van der Waals surface area contributed by atoms with E-state index in [0.717, 1.165) is 16.3 Å². The van der Waals surface area contributed by atoms with Gasteiger partial charge in [0, 0.05) is 34.5 Å². The number of hydrogen-bond acceptors (Lipinski definition) is 4. The number of hydrogen-bond donors (Lipinski definition) is 2. The number of amides is 1. The van der Waals surface area contributed by atoms with Crippen LogP contribution in [0.3, 0.4) is 0 Å². The highest BCUT2D eigenvalue weighted by Crippen LogP contribution is 2.23. The summed E-state index contributed by atoms with van der Waals surface area (Å²) in [6.45, 7) is 2.55. The Kier molecular flexibility index (Phi) is 4.38. The first-order chi connectivity index (χ1) is 8.70. The van der Waals surface area contributed by atoms with Crippen molar-refractivity contribution in [2.24, 2.45) is 0 Å². The highest BCUT2D eigenvalue weighted by Gasteiger charge is 2.06. The van der Waals surface area contributed by atoms with Crippen molar-refractivity contribution in [3.8, 4) is 10.6 Å². The molecule has 0 spiro atoms. The maximum Gasteiger partial charge on any atom is 0.251 e. The average molecular weight is 278 g/mol. The van der Waals surface area contributed by atoms with Gasteiger partial charge in [0.25, 0.3) is 5.91 Å². The van der Waals surface area contributed by atoms with Crippen LogP contribution in [0.5, 0.6) is 0 Å². The van der Waals surface area contributed by atoms with E-state index in [0.29, 0.717) is 17.9 Å². The minimum absolute atomic E-state index is 0.0640. The predicted octanol–water partition coefficient (Wildman–Crippen LogP) is 2.78. The van der Waals surface area contributed by atoms with Crippen LogP contribution in [-0.2, 0) is 0 Å². The van der Waals surface area contributed by atoms with Gasteiger partial charge in [-0.3, -0.25) is 4.79 Å². The summed E-state index contributed by atoms with van der Waals surface area (Å²) < 4.78 is 0. The van der Waals surface area contributed by atoms with E-state index in [9.17, 15) is 4.79 Å². The number of aromatic nitrogens is 1. The lowest BCUT2D eigenvalue weighted by Gasteiger charge is -2.03. The van der Waals surface area contributed by atoms with Crippen molar-refractivity contribution in [3.05, 3.63) is 40.9 Å². The van der Waals surface area contributed by atoms with Crippen molar-refractivity contribution in [3.63, 3.8) is 0 Å². The number of nitrogens with one attached hydrogen (secondary N) is 1. The number of thiol groups is 1. The van der Waals surface area contributed by atoms with Crippen LogP contribution in [0.1, 0.15) is 16.1 Å². The molecule has 1 aromatic heterocycles. The van der Waals surface area contributed by atoms with Crippen LogP contribution in [0.4, 0.5) is 0 Å². The molecule has 5 heteroatoms. The lowest BCUT2D eigenvalue weighted by molar-refractivity contribution is 0.0956. The van der Waals surface area contributed by atoms with Crippen molar-refractivity contribution < 1.29 is 4.79 Å². The standard InChI is InChI=1S/C13H14N2OS2/c1-9-8-18-13(15-9)11-4-2-10(3-5-11)12(16)14-6-7-17/h2-5,8,17H,6-7H2,1H3,(H,14,16). The molecular weight excluding hydrogens is 264 g/mol. The molecule has 3 nitrogen and oxygen atoms in total. The fourth-order valence-electron chi connectivity index (χ4n) is 1.52. The lowest BCUT2D eigenvalue weighted by Crippen LogP contribution is -2.25. The first-order valence-corrected chi connectivity index (χ1v) is 7.13. The third-order valence-corrected chi connectivity index (χ3v) is 3.64. The van der Waals surface area contributed by atoms with Gasteiger partial charge in [-0.2, -0.15) is 12.6 Å². The van der Waals surface area contributed by atoms with Gasteiger partial charge < -0.3 is 5.32 Å². The summed E-state index contributed by atoms with van der Waals surface area (Å²) in [6.07, 6.45) is 0. The largest absolute Gasteiger partial charge is 0.351 e. The number of carbonyl (C=O) groups excluding carboxylic acids is 1. The van der Waals surface area contributed by atoms with Gasteiger partial charge in [-0.15, -0.1) is 11.3 Å². The van der Waals surface area contributed by atoms with E-state index in [1.54, 1.807) is 11.3 Å². The summed E-state index contributed by atoms with van der Waals surface area (Å²) >= 11 is 5.66. The third kappa shape index (κ3) is 3.11. The van der Waals surface area contributed by atoms with Gasteiger partial charge in [0.2, 0.25) is 0 Å². The summed E-state index contributed by atoms with van der Waals surface area (Å²) in [5.74, 6) is 0.577. The van der Waals surface area contributed by atoms with Gasteiger partial charge in [0.15, 0.2) is 0 Å². The van der Waals surface area contributed by atoms with Crippen molar-refractivity contribution in [2.45, 2.75) is 6.92 Å². The second-order valence-corrected chi connectivity index (χ2v) is 5.16. The lowest BCUT2D eigenvalue weighted by atomic mass is 10.1. The second-order valence-electron chi connectivity index (χ2n) is 3.85. The average Bonchev–Trinajstić information content (AvgIpc) is 2.83. The molecular formula is C13H14N2OS2. The molecule has 1 heterocycles. The zero-order valence-electron chi connectivity index (χ0n) is 10.0. The van der Waals surface area contributed by atoms with E-state index in [4.69, 9.17) is 0 Å². The van der Waals surface area contributed by atoms with Gasteiger partial charge >= 0.3 is 0 Å². The minimum Gasteiger partial charge on any atom is -0.351 e. The second kappa shape index (κ2) is 6.02. The number of benzene rings is 1. The van der Waals surface area contributed by atoms with Crippen LogP contribution >= 0.6 is 24.0 Å². The first kappa shape index (κ1) is 13.1. The molecule has 0 saturated carbocycles. The molecule has 0 radical (unpaired) electrons. The molecule has 2 aromatic rings. The summed E-state index contributed by atoms with van der Waals surface area (Å²) in [5, 5.41) is 5.78. The Morgan fingerprint density at radius 2 is 2.11 bits per heavy atom. The molecule has 0 aliphatic heterocycles. The van der Waals surface area contributed by atoms with Crippen LogP contribution in [0.25, 0.3) is 10.6 Å². The molecule has 0 saturated heterocycles. The molecule has 0 unspecified atom stereocenters. The fourth-order valence-corrected chi connectivity index (χ4v) is 2.44. The molecule has 0 aliphatic carbocycles. The normalized spacial score (nSPS) is 10.3. The molecule has 0 aliphatic rings. The molecule has 18 heavy (non-hydrogen) atoms. The number of thiazole rings is 1. The van der Waals surface area contributed by atoms with E-state index in [2.05, 4.69) is 22.9 Å². The number of aryl methyl sites for hydroxylation is 1. The van der Waals surface area contributed by atoms with Gasteiger partial charge in [0.05, 0.1) is 0 Å². The Labute approximate surface area is 116 Å². The van der Waals surface area contributed by atoms with Crippen LogP contribution in [0, 0.1) is 6.92 Å². The quantitative estimate of drug-likeness (QED) is 0.845. The Bertz CT molecular complexity index is 534. The van der Waals surface area contributed by atoms with Gasteiger partial charge in [-0.25, -0.2) is 4.98 Å². The van der Waals surface area contributed by atoms with Crippen LogP contribution in [0.2, 0.25) is 0 Å². The zero-order valence-corrected chi connectivity index (χ0v) is 11.7. The number of carbonyl (C=O) groups is 1. The van der Waals surface area contributed by atoms with E-state index in [1.165, 1.54) is 0 Å². The highest BCUT2D eigenvalue weighted by atomic mass is 32.1. The smallest absolute Gasteiger partial charge is 0.251 e. The number of nitrogens with zero attached hydrogens (tertiary/aromatic N) is 1. The Balaban J connectivity index is 2.12. The van der Waals surface area contributed by atoms with Crippen molar-refractivity contribution in [1.82, 2.24) is 10.3 Å². The van der Waals surface area contributed by atoms with E-state index in [1.807, 2.05) is 36.6 Å². The molecule has 94 valence electrons. The summed E-state index contributed by atoms with van der Waals surface area (Å²) in [4.78, 5) is 16.1. The monoisotopic (exact) mass is 278 g/mol. The predicted molar refractivity (Wildman–Crippen MR) is 78.5 cm³/mol. The third-order valence-electron chi connectivity index (χ3n) is 2.41.